The van der Waals surface area contributed by atoms with E-state index in [0.29, 0.717) is 35.1 Å². The molecule has 0 atom stereocenters. The lowest BCUT2D eigenvalue weighted by molar-refractivity contribution is -0.137. The molecule has 110 valence electrons. The first kappa shape index (κ1) is 14.1. The zero-order chi connectivity index (χ0) is 15.0. The lowest BCUT2D eigenvalue weighted by atomic mass is 10.2. The normalized spacial score (nSPS) is 14.6. The van der Waals surface area contributed by atoms with E-state index in [1.54, 1.807) is 17.0 Å². The van der Waals surface area contributed by atoms with Gasteiger partial charge in [0.25, 0.3) is 0 Å². The van der Waals surface area contributed by atoms with Gasteiger partial charge in [-0.15, -0.1) is 0 Å². The Morgan fingerprint density at radius 1 is 1.19 bits per heavy atom. The molecule has 2 aromatic rings. The van der Waals surface area contributed by atoms with Gasteiger partial charge in [0, 0.05) is 6.20 Å². The summed E-state index contributed by atoms with van der Waals surface area (Å²) in [6, 6.07) is 5.83. The quantitative estimate of drug-likeness (QED) is 0.726. The van der Waals surface area contributed by atoms with E-state index in [1.807, 2.05) is 0 Å². The molecule has 0 fully saturated rings. The maximum absolute atomic E-state index is 12.6. The van der Waals surface area contributed by atoms with Gasteiger partial charge in [0.15, 0.2) is 11.6 Å². The Kier molecular flexibility index (Phi) is 3.48. The molecular weight excluding hydrogens is 351 g/mol. The van der Waals surface area contributed by atoms with E-state index in [2.05, 4.69) is 25.9 Å². The highest BCUT2D eigenvalue weighted by molar-refractivity contribution is 9.10. The van der Waals surface area contributed by atoms with Gasteiger partial charge in [-0.2, -0.15) is 13.2 Å². The van der Waals surface area contributed by atoms with Crippen LogP contribution in [0.3, 0.4) is 0 Å². The molecular formula is C13H9BrF3N3O. The van der Waals surface area contributed by atoms with Crippen LogP contribution in [0, 0.1) is 0 Å². The Labute approximate surface area is 126 Å². The molecule has 0 radical (unpaired) electrons. The highest BCUT2D eigenvalue weighted by Crippen LogP contribution is 2.36. The number of hydrogen-bond donors (Lipinski definition) is 0. The van der Waals surface area contributed by atoms with Gasteiger partial charge in [0.1, 0.15) is 17.0 Å². The van der Waals surface area contributed by atoms with Gasteiger partial charge in [0.05, 0.1) is 12.1 Å². The Morgan fingerprint density at radius 2 is 2.00 bits per heavy atom. The van der Waals surface area contributed by atoms with Crippen molar-refractivity contribution in [3.63, 3.8) is 0 Å². The van der Waals surface area contributed by atoms with E-state index in [4.69, 9.17) is 4.74 Å². The first-order valence-corrected chi connectivity index (χ1v) is 6.84. The highest BCUT2D eigenvalue weighted by atomic mass is 79.9. The van der Waals surface area contributed by atoms with Crippen LogP contribution in [0.15, 0.2) is 35.1 Å². The van der Waals surface area contributed by atoms with Crippen molar-refractivity contribution in [1.82, 2.24) is 9.97 Å². The first-order valence-electron chi connectivity index (χ1n) is 6.05. The van der Waals surface area contributed by atoms with Crippen LogP contribution in [-0.4, -0.2) is 23.1 Å². The second kappa shape index (κ2) is 5.18. The van der Waals surface area contributed by atoms with Gasteiger partial charge in [-0.25, -0.2) is 9.97 Å². The van der Waals surface area contributed by atoms with Crippen molar-refractivity contribution in [2.24, 2.45) is 0 Å². The van der Waals surface area contributed by atoms with Gasteiger partial charge in [-0.1, -0.05) is 0 Å². The Balaban J connectivity index is 1.97. The number of alkyl halides is 3. The van der Waals surface area contributed by atoms with Crippen molar-refractivity contribution in [3.8, 4) is 5.75 Å². The van der Waals surface area contributed by atoms with Gasteiger partial charge in [-0.3, -0.25) is 0 Å². The van der Waals surface area contributed by atoms with E-state index in [9.17, 15) is 13.2 Å². The van der Waals surface area contributed by atoms with Crippen LogP contribution in [0.5, 0.6) is 5.75 Å². The molecule has 0 saturated carbocycles. The third-order valence-electron chi connectivity index (χ3n) is 2.99. The van der Waals surface area contributed by atoms with Crippen LogP contribution in [-0.2, 0) is 6.18 Å². The molecule has 0 bridgehead atoms. The minimum atomic E-state index is -4.39. The number of rotatable bonds is 1. The molecule has 21 heavy (non-hydrogen) atoms. The molecule has 4 nitrogen and oxygen atoms in total. The number of halogens is 4. The minimum Gasteiger partial charge on any atom is -0.488 e. The minimum absolute atomic E-state index is 0.401. The fourth-order valence-electron chi connectivity index (χ4n) is 2.01. The average Bonchev–Trinajstić information content (AvgIpc) is 2.46. The summed E-state index contributed by atoms with van der Waals surface area (Å²) in [6.07, 6.45) is -3.57. The maximum Gasteiger partial charge on any atom is 0.417 e. The van der Waals surface area contributed by atoms with E-state index in [1.165, 1.54) is 6.07 Å². The SMILES string of the molecule is FC(F)(F)c1ccc(N2CCOc3ccc(Br)nc32)nc1. The summed E-state index contributed by atoms with van der Waals surface area (Å²) in [6.45, 7) is 0.883. The van der Waals surface area contributed by atoms with Gasteiger partial charge in [0.2, 0.25) is 0 Å². The van der Waals surface area contributed by atoms with Crippen molar-refractivity contribution in [1.29, 1.82) is 0 Å². The van der Waals surface area contributed by atoms with Crippen molar-refractivity contribution in [2.45, 2.75) is 6.18 Å². The Bertz CT molecular complexity index is 661. The van der Waals surface area contributed by atoms with Crippen LogP contribution in [0.2, 0.25) is 0 Å². The molecule has 3 rings (SSSR count). The topological polar surface area (TPSA) is 38.2 Å². The summed E-state index contributed by atoms with van der Waals surface area (Å²) in [5, 5.41) is 0. The molecule has 0 aliphatic carbocycles. The number of pyridine rings is 2. The summed E-state index contributed by atoms with van der Waals surface area (Å²) in [5.41, 5.74) is -0.776. The lowest BCUT2D eigenvalue weighted by Crippen LogP contribution is -2.30. The molecule has 3 heterocycles. The molecule has 0 unspecified atom stereocenters. The number of ether oxygens (including phenoxy) is 1. The predicted molar refractivity (Wildman–Crippen MR) is 73.7 cm³/mol. The van der Waals surface area contributed by atoms with Crippen LogP contribution in [0.4, 0.5) is 24.8 Å². The van der Waals surface area contributed by atoms with E-state index in [0.717, 1.165) is 12.3 Å². The zero-order valence-electron chi connectivity index (χ0n) is 10.6. The second-order valence-electron chi connectivity index (χ2n) is 4.36. The molecule has 0 saturated heterocycles. The lowest BCUT2D eigenvalue weighted by Gasteiger charge is -2.29. The molecule has 1 aliphatic rings. The zero-order valence-corrected chi connectivity index (χ0v) is 12.1. The number of hydrogen-bond acceptors (Lipinski definition) is 4. The van der Waals surface area contributed by atoms with Gasteiger partial charge >= 0.3 is 6.18 Å². The first-order chi connectivity index (χ1) is 9.95. The molecule has 0 aromatic carbocycles. The van der Waals surface area contributed by atoms with E-state index < -0.39 is 11.7 Å². The molecule has 0 amide bonds. The summed E-state index contributed by atoms with van der Waals surface area (Å²) in [7, 11) is 0. The van der Waals surface area contributed by atoms with Crippen molar-refractivity contribution in [2.75, 3.05) is 18.1 Å². The van der Waals surface area contributed by atoms with Crippen LogP contribution in [0.1, 0.15) is 5.56 Å². The van der Waals surface area contributed by atoms with Gasteiger partial charge < -0.3 is 9.64 Å². The van der Waals surface area contributed by atoms with Crippen LogP contribution >= 0.6 is 15.9 Å². The Hall–Kier alpha value is -1.83. The van der Waals surface area contributed by atoms with E-state index in [-0.39, 0.29) is 0 Å². The molecule has 2 aromatic heterocycles. The fraction of sp³-hybridized carbons (Fsp3) is 0.231. The Morgan fingerprint density at radius 3 is 2.67 bits per heavy atom. The second-order valence-corrected chi connectivity index (χ2v) is 5.17. The van der Waals surface area contributed by atoms with Crippen molar-refractivity contribution >= 4 is 27.6 Å². The molecule has 0 N–H and O–H groups in total. The number of anilines is 2. The predicted octanol–water partition coefficient (Wildman–Crippen LogP) is 3.79. The van der Waals surface area contributed by atoms with Crippen LogP contribution < -0.4 is 9.64 Å². The van der Waals surface area contributed by atoms with Crippen molar-refractivity contribution < 1.29 is 17.9 Å². The summed E-state index contributed by atoms with van der Waals surface area (Å²) >= 11 is 3.27. The average molecular weight is 360 g/mol. The summed E-state index contributed by atoms with van der Waals surface area (Å²) in [4.78, 5) is 9.92. The number of fused-ring (bicyclic) bond motifs is 1. The monoisotopic (exact) mass is 359 g/mol. The largest absolute Gasteiger partial charge is 0.488 e. The standard InChI is InChI=1S/C13H9BrF3N3O/c14-10-3-2-9-12(19-10)20(5-6-21-9)11-4-1-8(7-18-11)13(15,16)17/h1-4,7H,5-6H2. The van der Waals surface area contributed by atoms with E-state index >= 15 is 0 Å². The van der Waals surface area contributed by atoms with Gasteiger partial charge in [-0.05, 0) is 40.2 Å². The number of aromatic nitrogens is 2. The highest BCUT2D eigenvalue weighted by Gasteiger charge is 2.31. The molecule has 0 spiro atoms. The summed E-state index contributed by atoms with van der Waals surface area (Å²) in [5.74, 6) is 1.51. The summed E-state index contributed by atoms with van der Waals surface area (Å²) < 4.78 is 43.8. The van der Waals surface area contributed by atoms with Crippen LogP contribution in [0.25, 0.3) is 0 Å². The van der Waals surface area contributed by atoms with Crippen molar-refractivity contribution in [3.05, 3.63) is 40.6 Å². The molecule has 8 heteroatoms. The smallest absolute Gasteiger partial charge is 0.417 e. The third kappa shape index (κ3) is 2.80. The maximum atomic E-state index is 12.6. The molecule has 1 aliphatic heterocycles. The number of nitrogens with zero attached hydrogens (tertiary/aromatic N) is 3. The third-order valence-corrected chi connectivity index (χ3v) is 3.43. The fourth-order valence-corrected chi connectivity index (χ4v) is 2.31.